The lowest BCUT2D eigenvalue weighted by atomic mass is 10.1. The Bertz CT molecular complexity index is 1270. The van der Waals surface area contributed by atoms with E-state index in [1.807, 2.05) is 30.5 Å². The average Bonchev–Trinajstić information content (AvgIpc) is 3.18. The molecular weight excluding hydrogens is 420 g/mol. The van der Waals surface area contributed by atoms with Gasteiger partial charge in [0.25, 0.3) is 17.4 Å². The summed E-state index contributed by atoms with van der Waals surface area (Å²) >= 11 is 0. The van der Waals surface area contributed by atoms with Gasteiger partial charge in [-0.15, -0.1) is 0 Å². The van der Waals surface area contributed by atoms with E-state index >= 15 is 0 Å². The van der Waals surface area contributed by atoms with Crippen LogP contribution < -0.4 is 21.9 Å². The van der Waals surface area contributed by atoms with Crippen molar-refractivity contribution in [2.45, 2.75) is 12.6 Å². The van der Waals surface area contributed by atoms with Gasteiger partial charge in [-0.2, -0.15) is 0 Å². The number of hydrogen-bond acceptors (Lipinski definition) is 5. The number of likely N-dealkylation sites (tertiary alicyclic amines) is 1. The molecule has 1 aliphatic heterocycles. The van der Waals surface area contributed by atoms with E-state index in [1.54, 1.807) is 6.20 Å². The number of aromatic amines is 1. The average molecular weight is 449 g/mol. The van der Waals surface area contributed by atoms with Crippen molar-refractivity contribution in [3.05, 3.63) is 69.8 Å². The molecule has 5 rings (SSSR count). The first kappa shape index (κ1) is 21.4. The number of carbonyl (C=O) groups excluding carboxylic acids is 2. The van der Waals surface area contributed by atoms with Crippen molar-refractivity contribution in [3.63, 3.8) is 0 Å². The van der Waals surface area contributed by atoms with Gasteiger partial charge in [0.1, 0.15) is 5.56 Å². The Morgan fingerprint density at radius 2 is 1.97 bits per heavy atom. The molecule has 33 heavy (non-hydrogen) atoms. The van der Waals surface area contributed by atoms with Gasteiger partial charge in [-0.3, -0.25) is 14.4 Å². The van der Waals surface area contributed by atoms with Crippen molar-refractivity contribution in [2.75, 3.05) is 33.2 Å². The van der Waals surface area contributed by atoms with Crippen LogP contribution in [0.4, 0.5) is 0 Å². The fraction of sp³-hybridized carbons (Fsp3) is 0.375. The lowest BCUT2D eigenvalue weighted by Crippen LogP contribution is -2.37. The van der Waals surface area contributed by atoms with Gasteiger partial charge in [0.15, 0.2) is 0 Å². The Morgan fingerprint density at radius 1 is 1.18 bits per heavy atom. The monoisotopic (exact) mass is 448 g/mol. The Kier molecular flexibility index (Phi) is 5.51. The maximum atomic E-state index is 13.1. The molecule has 2 amide bonds. The molecule has 1 aliphatic carbocycles. The summed E-state index contributed by atoms with van der Waals surface area (Å²) in [5, 5.41) is 6.60. The molecule has 1 saturated heterocycles. The molecule has 9 heteroatoms. The largest absolute Gasteiger partial charge is 0.361 e. The SMILES string of the molecule is CNC(=O)c1cc(C(=O)NC2[C@H]3CN(CCN)C[C@@H]23)cn(Cc2cccc3[nH]ccc23)c1=O. The standard InChI is InChI=1S/C24H28N6O3/c1-26-23(32)17-9-15(22(31)28-21-18-12-29(8-6-25)13-19(18)21)11-30(24(17)33)10-14-3-2-4-20-16(14)5-7-27-20/h2-5,7,9,11,18-19,21,27H,6,8,10,12-13,25H2,1H3,(H,26,32)(H,28,31)/t18-,19+,21?. The molecule has 3 aromatic rings. The Morgan fingerprint density at radius 3 is 2.70 bits per heavy atom. The van der Waals surface area contributed by atoms with Crippen molar-refractivity contribution >= 4 is 22.7 Å². The number of piperidine rings is 1. The van der Waals surface area contributed by atoms with E-state index in [2.05, 4.69) is 20.5 Å². The van der Waals surface area contributed by atoms with Crippen LogP contribution in [0.5, 0.6) is 0 Å². The van der Waals surface area contributed by atoms with Gasteiger partial charge in [-0.25, -0.2) is 0 Å². The Hall–Kier alpha value is -3.43. The number of nitrogens with one attached hydrogen (secondary N) is 3. The molecule has 172 valence electrons. The topological polar surface area (TPSA) is 125 Å². The van der Waals surface area contributed by atoms with Crippen LogP contribution in [0.25, 0.3) is 10.9 Å². The summed E-state index contributed by atoms with van der Waals surface area (Å²) in [5.41, 5.74) is 7.36. The normalized spacial score (nSPS) is 21.7. The van der Waals surface area contributed by atoms with Gasteiger partial charge in [-0.1, -0.05) is 12.1 Å². The van der Waals surface area contributed by atoms with E-state index in [0.717, 1.165) is 36.1 Å². The minimum atomic E-state index is -0.510. The Labute approximate surface area is 190 Å². The summed E-state index contributed by atoms with van der Waals surface area (Å²) < 4.78 is 1.44. The summed E-state index contributed by atoms with van der Waals surface area (Å²) in [6.07, 6.45) is 3.40. The second-order valence-corrected chi connectivity index (χ2v) is 8.89. The van der Waals surface area contributed by atoms with Gasteiger partial charge in [0, 0.05) is 62.6 Å². The van der Waals surface area contributed by atoms with E-state index in [1.165, 1.54) is 17.7 Å². The number of benzene rings is 1. The second-order valence-electron chi connectivity index (χ2n) is 8.89. The van der Waals surface area contributed by atoms with E-state index in [0.29, 0.717) is 23.9 Å². The van der Waals surface area contributed by atoms with Crippen molar-refractivity contribution in [3.8, 4) is 0 Å². The molecule has 1 unspecified atom stereocenters. The lowest BCUT2D eigenvalue weighted by Gasteiger charge is -2.19. The third-order valence-electron chi connectivity index (χ3n) is 6.86. The van der Waals surface area contributed by atoms with Crippen LogP contribution in [0.1, 0.15) is 26.3 Å². The van der Waals surface area contributed by atoms with Crippen LogP contribution in [0.3, 0.4) is 0 Å². The molecule has 0 radical (unpaired) electrons. The summed E-state index contributed by atoms with van der Waals surface area (Å²) in [5.74, 6) is 0.106. The van der Waals surface area contributed by atoms with Crippen molar-refractivity contribution in [1.82, 2.24) is 25.1 Å². The molecule has 3 heterocycles. The van der Waals surface area contributed by atoms with Gasteiger partial charge in [-0.05, 0) is 35.6 Å². The van der Waals surface area contributed by atoms with Crippen molar-refractivity contribution in [2.24, 2.45) is 17.6 Å². The lowest BCUT2D eigenvalue weighted by molar-refractivity contribution is 0.0942. The van der Waals surface area contributed by atoms with Crippen LogP contribution in [-0.2, 0) is 6.54 Å². The highest BCUT2D eigenvalue weighted by Crippen LogP contribution is 2.45. The predicted octanol–water partition coefficient (Wildman–Crippen LogP) is 0.356. The third-order valence-corrected chi connectivity index (χ3v) is 6.86. The highest BCUT2D eigenvalue weighted by molar-refractivity contribution is 5.99. The molecular formula is C24H28N6O3. The summed E-state index contributed by atoms with van der Waals surface area (Å²) in [4.78, 5) is 44.0. The number of pyridine rings is 1. The molecule has 1 saturated carbocycles. The number of carbonyl (C=O) groups is 2. The summed E-state index contributed by atoms with van der Waals surface area (Å²) in [7, 11) is 1.47. The molecule has 0 spiro atoms. The highest BCUT2D eigenvalue weighted by Gasteiger charge is 2.56. The highest BCUT2D eigenvalue weighted by atomic mass is 16.2. The number of fused-ring (bicyclic) bond motifs is 2. The fourth-order valence-electron chi connectivity index (χ4n) is 5.07. The molecule has 5 N–H and O–H groups in total. The Balaban J connectivity index is 1.41. The summed E-state index contributed by atoms with van der Waals surface area (Å²) in [6, 6.07) is 9.28. The molecule has 9 nitrogen and oxygen atoms in total. The fourth-order valence-corrected chi connectivity index (χ4v) is 5.07. The first-order valence-electron chi connectivity index (χ1n) is 11.2. The van der Waals surface area contributed by atoms with Crippen LogP contribution in [0.2, 0.25) is 0 Å². The number of hydrogen-bond donors (Lipinski definition) is 4. The van der Waals surface area contributed by atoms with Crippen molar-refractivity contribution in [1.29, 1.82) is 0 Å². The zero-order valence-electron chi connectivity index (χ0n) is 18.5. The van der Waals surface area contributed by atoms with Crippen LogP contribution in [0, 0.1) is 11.8 Å². The van der Waals surface area contributed by atoms with E-state index < -0.39 is 11.5 Å². The first-order valence-corrected chi connectivity index (χ1v) is 11.2. The molecule has 3 atom stereocenters. The zero-order valence-corrected chi connectivity index (χ0v) is 18.5. The summed E-state index contributed by atoms with van der Waals surface area (Å²) in [6.45, 7) is 3.65. The number of rotatable bonds is 7. The quantitative estimate of drug-likeness (QED) is 0.415. The van der Waals surface area contributed by atoms with E-state index in [-0.39, 0.29) is 24.1 Å². The maximum absolute atomic E-state index is 13.1. The minimum absolute atomic E-state index is 0.0449. The smallest absolute Gasteiger partial charge is 0.263 e. The number of nitrogens with two attached hydrogens (primary N) is 1. The number of aromatic nitrogens is 2. The molecule has 1 aromatic carbocycles. The predicted molar refractivity (Wildman–Crippen MR) is 125 cm³/mol. The van der Waals surface area contributed by atoms with Gasteiger partial charge >= 0.3 is 0 Å². The maximum Gasteiger partial charge on any atom is 0.263 e. The number of amides is 2. The minimum Gasteiger partial charge on any atom is -0.361 e. The van der Waals surface area contributed by atoms with Crippen LogP contribution in [-0.4, -0.2) is 65.5 Å². The molecule has 2 aromatic heterocycles. The van der Waals surface area contributed by atoms with Crippen molar-refractivity contribution < 1.29 is 9.59 Å². The zero-order chi connectivity index (χ0) is 23.1. The van der Waals surface area contributed by atoms with E-state index in [4.69, 9.17) is 5.73 Å². The van der Waals surface area contributed by atoms with Crippen LogP contribution in [0.15, 0.2) is 47.5 Å². The molecule has 2 fully saturated rings. The second kappa shape index (κ2) is 8.49. The van der Waals surface area contributed by atoms with E-state index in [9.17, 15) is 14.4 Å². The first-order chi connectivity index (χ1) is 16.0. The number of H-pyrrole nitrogens is 1. The number of nitrogens with zero attached hydrogens (tertiary/aromatic N) is 2. The van der Waals surface area contributed by atoms with Gasteiger partial charge in [0.2, 0.25) is 0 Å². The van der Waals surface area contributed by atoms with Crippen LogP contribution >= 0.6 is 0 Å². The van der Waals surface area contributed by atoms with Gasteiger partial charge < -0.3 is 30.8 Å². The van der Waals surface area contributed by atoms with Gasteiger partial charge in [0.05, 0.1) is 12.1 Å². The third kappa shape index (κ3) is 3.94. The molecule has 2 aliphatic rings. The molecule has 0 bridgehead atoms.